The number of nitriles is 1. The quantitative estimate of drug-likeness (QED) is 0.704. The molecule has 1 atom stereocenters. The molecule has 13 heteroatoms. The van der Waals surface area contributed by atoms with Crippen molar-refractivity contribution in [1.82, 2.24) is 9.29 Å². The van der Waals surface area contributed by atoms with E-state index in [0.717, 1.165) is 29.8 Å². The summed E-state index contributed by atoms with van der Waals surface area (Å²) in [5.41, 5.74) is -1.28. The van der Waals surface area contributed by atoms with Crippen molar-refractivity contribution in [2.75, 3.05) is 5.32 Å². The molecule has 0 aliphatic carbocycles. The first-order valence-corrected chi connectivity index (χ1v) is 9.21. The number of anilines is 1. The van der Waals surface area contributed by atoms with Crippen LogP contribution in [0.1, 0.15) is 23.0 Å². The Balaban J connectivity index is 2.36. The second-order valence-corrected chi connectivity index (χ2v) is 7.59. The average molecular weight is 436 g/mol. The van der Waals surface area contributed by atoms with Crippen LogP contribution in [0.3, 0.4) is 0 Å². The lowest BCUT2D eigenvalue weighted by molar-refractivity contribution is -0.147. The maximum atomic E-state index is 14.6. The van der Waals surface area contributed by atoms with Crippen LogP contribution in [0, 0.1) is 23.0 Å². The normalized spacial score (nSPS) is 13.0. The van der Waals surface area contributed by atoms with Gasteiger partial charge in [0.1, 0.15) is 28.5 Å². The van der Waals surface area contributed by atoms with Crippen LogP contribution in [-0.2, 0) is 17.1 Å². The summed E-state index contributed by atoms with van der Waals surface area (Å²) in [4.78, 5) is 11.2. The van der Waals surface area contributed by atoms with Gasteiger partial charge in [0.2, 0.25) is 10.0 Å². The summed E-state index contributed by atoms with van der Waals surface area (Å²) >= 11 is 0. The summed E-state index contributed by atoms with van der Waals surface area (Å²) in [6.07, 6.45) is -4.26. The standard InChI is InChI=1S/C16H13F5N4O3S/c1-8(16(19,20)21)24-29(27,28)12-7-25(2)14(13(12)18)15(26)23-10-3-4-11(17)9(5-10)6-22/h3-5,7-8,24H,1-2H3,(H,23,26)/t8-/m0/s1. The highest BCUT2D eigenvalue weighted by molar-refractivity contribution is 7.89. The molecule has 0 aliphatic rings. The molecule has 2 rings (SSSR count). The number of nitrogens with zero attached hydrogens (tertiary/aromatic N) is 2. The number of alkyl halides is 3. The van der Waals surface area contributed by atoms with Crippen molar-refractivity contribution >= 4 is 21.6 Å². The Morgan fingerprint density at radius 2 is 1.90 bits per heavy atom. The van der Waals surface area contributed by atoms with Crippen molar-refractivity contribution in [1.29, 1.82) is 5.26 Å². The molecule has 1 aromatic carbocycles. The fourth-order valence-corrected chi connectivity index (χ4v) is 3.61. The summed E-state index contributed by atoms with van der Waals surface area (Å²) in [6.45, 7) is 0.535. The predicted octanol–water partition coefficient (Wildman–Crippen LogP) is 2.66. The number of rotatable bonds is 5. The first-order valence-electron chi connectivity index (χ1n) is 7.72. The van der Waals surface area contributed by atoms with Crippen LogP contribution in [0.4, 0.5) is 27.6 Å². The lowest BCUT2D eigenvalue weighted by atomic mass is 10.2. The van der Waals surface area contributed by atoms with Crippen LogP contribution in [0.25, 0.3) is 0 Å². The van der Waals surface area contributed by atoms with Gasteiger partial charge in [-0.1, -0.05) is 0 Å². The SMILES string of the molecule is C[C@H](NS(=O)(=O)c1cn(C)c(C(=O)Nc2ccc(F)c(C#N)c2)c1F)C(F)(F)F. The Labute approximate surface area is 161 Å². The number of amides is 1. The molecular weight excluding hydrogens is 423 g/mol. The lowest BCUT2D eigenvalue weighted by Gasteiger charge is -2.16. The van der Waals surface area contributed by atoms with Crippen molar-refractivity contribution in [3.63, 3.8) is 0 Å². The van der Waals surface area contributed by atoms with Gasteiger partial charge in [-0.25, -0.2) is 17.2 Å². The molecule has 7 nitrogen and oxygen atoms in total. The summed E-state index contributed by atoms with van der Waals surface area (Å²) < 4.78 is 92.0. The molecule has 0 spiro atoms. The molecule has 0 saturated heterocycles. The van der Waals surface area contributed by atoms with E-state index in [-0.39, 0.29) is 5.69 Å². The molecule has 0 bridgehead atoms. The van der Waals surface area contributed by atoms with Crippen LogP contribution >= 0.6 is 0 Å². The fourth-order valence-electron chi connectivity index (χ4n) is 2.26. The van der Waals surface area contributed by atoms with Gasteiger partial charge in [-0.05, 0) is 25.1 Å². The van der Waals surface area contributed by atoms with Crippen molar-refractivity contribution < 1.29 is 35.2 Å². The molecule has 156 valence electrons. The van der Waals surface area contributed by atoms with Gasteiger partial charge < -0.3 is 9.88 Å². The minimum atomic E-state index is -4.94. The van der Waals surface area contributed by atoms with Gasteiger partial charge in [-0.2, -0.15) is 23.2 Å². The van der Waals surface area contributed by atoms with E-state index in [1.54, 1.807) is 6.07 Å². The van der Waals surface area contributed by atoms with Crippen LogP contribution in [0.15, 0.2) is 29.3 Å². The number of carbonyl (C=O) groups excluding carboxylic acids is 1. The number of benzene rings is 1. The highest BCUT2D eigenvalue weighted by Gasteiger charge is 2.40. The van der Waals surface area contributed by atoms with Crippen LogP contribution in [0.2, 0.25) is 0 Å². The zero-order valence-corrected chi connectivity index (χ0v) is 15.6. The van der Waals surface area contributed by atoms with E-state index in [0.29, 0.717) is 13.1 Å². The lowest BCUT2D eigenvalue weighted by Crippen LogP contribution is -2.43. The molecule has 2 aromatic rings. The zero-order valence-electron chi connectivity index (χ0n) is 14.8. The molecule has 29 heavy (non-hydrogen) atoms. The topological polar surface area (TPSA) is 104 Å². The molecule has 1 amide bonds. The van der Waals surface area contributed by atoms with Gasteiger partial charge in [-0.3, -0.25) is 4.79 Å². The minimum absolute atomic E-state index is 0.0817. The van der Waals surface area contributed by atoms with Gasteiger partial charge in [-0.15, -0.1) is 0 Å². The van der Waals surface area contributed by atoms with E-state index in [2.05, 4.69) is 5.32 Å². The van der Waals surface area contributed by atoms with Crippen LogP contribution in [0.5, 0.6) is 0 Å². The Kier molecular flexibility index (Phi) is 6.00. The number of carbonyl (C=O) groups is 1. The second kappa shape index (κ2) is 7.80. The van der Waals surface area contributed by atoms with Gasteiger partial charge >= 0.3 is 6.18 Å². The fraction of sp³-hybridized carbons (Fsp3) is 0.250. The Morgan fingerprint density at radius 1 is 1.28 bits per heavy atom. The number of halogens is 5. The van der Waals surface area contributed by atoms with E-state index in [9.17, 15) is 35.2 Å². The van der Waals surface area contributed by atoms with E-state index in [4.69, 9.17) is 5.26 Å². The summed E-state index contributed by atoms with van der Waals surface area (Å²) in [5.74, 6) is -3.59. The summed E-state index contributed by atoms with van der Waals surface area (Å²) in [5, 5.41) is 10.9. The molecule has 2 N–H and O–H groups in total. The minimum Gasteiger partial charge on any atom is -0.343 e. The third-order valence-electron chi connectivity index (χ3n) is 3.76. The van der Waals surface area contributed by atoms with E-state index in [1.165, 1.54) is 4.72 Å². The summed E-state index contributed by atoms with van der Waals surface area (Å²) in [6, 6.07) is 1.98. The molecule has 1 aromatic heterocycles. The molecule has 0 radical (unpaired) electrons. The van der Waals surface area contributed by atoms with Crippen molar-refractivity contribution in [3.05, 3.63) is 47.3 Å². The molecular formula is C16H13F5N4O3S. The number of aryl methyl sites for hydroxylation is 1. The third-order valence-corrected chi connectivity index (χ3v) is 5.29. The zero-order chi connectivity index (χ0) is 22.1. The largest absolute Gasteiger partial charge is 0.404 e. The second-order valence-electron chi connectivity index (χ2n) is 5.91. The molecule has 0 fully saturated rings. The van der Waals surface area contributed by atoms with Gasteiger partial charge in [0.05, 0.1) is 5.56 Å². The number of hydrogen-bond donors (Lipinski definition) is 2. The highest BCUT2D eigenvalue weighted by atomic mass is 32.2. The van der Waals surface area contributed by atoms with E-state index in [1.807, 2.05) is 0 Å². The number of sulfonamides is 1. The van der Waals surface area contributed by atoms with Gasteiger partial charge in [0, 0.05) is 18.9 Å². The first kappa shape index (κ1) is 22.3. The van der Waals surface area contributed by atoms with Crippen LogP contribution < -0.4 is 10.0 Å². The Hall–Kier alpha value is -2.98. The maximum absolute atomic E-state index is 14.6. The number of aromatic nitrogens is 1. The Bertz CT molecular complexity index is 1100. The smallest absolute Gasteiger partial charge is 0.343 e. The van der Waals surface area contributed by atoms with Gasteiger partial charge in [0.15, 0.2) is 5.82 Å². The monoisotopic (exact) mass is 436 g/mol. The number of nitrogens with one attached hydrogen (secondary N) is 2. The van der Waals surface area contributed by atoms with Gasteiger partial charge in [0.25, 0.3) is 5.91 Å². The third kappa shape index (κ3) is 4.72. The predicted molar refractivity (Wildman–Crippen MR) is 90.3 cm³/mol. The molecule has 0 saturated carbocycles. The summed E-state index contributed by atoms with van der Waals surface area (Å²) in [7, 11) is -3.83. The van der Waals surface area contributed by atoms with Crippen molar-refractivity contribution in [2.24, 2.45) is 7.05 Å². The van der Waals surface area contributed by atoms with E-state index < -0.39 is 55.9 Å². The average Bonchev–Trinajstić information content (AvgIpc) is 2.90. The Morgan fingerprint density at radius 3 is 2.45 bits per heavy atom. The molecule has 0 aliphatic heterocycles. The van der Waals surface area contributed by atoms with Crippen molar-refractivity contribution in [3.8, 4) is 6.07 Å². The van der Waals surface area contributed by atoms with E-state index >= 15 is 0 Å². The number of hydrogen-bond acceptors (Lipinski definition) is 4. The first-order chi connectivity index (χ1) is 13.3. The maximum Gasteiger partial charge on any atom is 0.404 e. The van der Waals surface area contributed by atoms with Crippen LogP contribution in [-0.4, -0.2) is 31.1 Å². The highest BCUT2D eigenvalue weighted by Crippen LogP contribution is 2.25. The molecule has 1 heterocycles. The molecule has 0 unspecified atom stereocenters. The van der Waals surface area contributed by atoms with Crippen molar-refractivity contribution in [2.45, 2.75) is 24.0 Å².